The predicted molar refractivity (Wildman–Crippen MR) is 202 cm³/mol. The summed E-state index contributed by atoms with van der Waals surface area (Å²) in [5.74, 6) is 0. The van der Waals surface area contributed by atoms with Crippen molar-refractivity contribution in [3.05, 3.63) is 174 Å². The molecule has 0 N–H and O–H groups in total. The molecule has 0 fully saturated rings. The maximum absolute atomic E-state index is 10.5. The maximum Gasteiger partial charge on any atom is 0.211 e. The van der Waals surface area contributed by atoms with E-state index >= 15 is 0 Å². The highest BCUT2D eigenvalue weighted by Gasteiger charge is 2.19. The van der Waals surface area contributed by atoms with Gasteiger partial charge >= 0.3 is 0 Å². The molecule has 0 atom stereocenters. The van der Waals surface area contributed by atoms with Gasteiger partial charge in [-0.2, -0.15) is 10.5 Å². The van der Waals surface area contributed by atoms with E-state index in [0.29, 0.717) is 16.8 Å². The fraction of sp³-hybridized carbons (Fsp3) is 0. The summed E-state index contributed by atoms with van der Waals surface area (Å²) in [7, 11) is 0. The van der Waals surface area contributed by atoms with Crippen LogP contribution in [0.1, 0.15) is 11.1 Å². The Morgan fingerprint density at radius 3 is 1.94 bits per heavy atom. The Morgan fingerprint density at radius 1 is 0.500 bits per heavy atom. The number of rotatable bonds is 4. The van der Waals surface area contributed by atoms with Crippen LogP contribution < -0.4 is 0 Å². The lowest BCUT2D eigenvalue weighted by molar-refractivity contribution is 1.18. The average molecular weight is 636 g/mol. The molecule has 0 aliphatic heterocycles. The first-order valence-electron chi connectivity index (χ1n) is 16.3. The van der Waals surface area contributed by atoms with Crippen molar-refractivity contribution < 1.29 is 0 Å². The zero-order chi connectivity index (χ0) is 33.8. The van der Waals surface area contributed by atoms with Crippen LogP contribution in [0.25, 0.3) is 82.1 Å². The van der Waals surface area contributed by atoms with Gasteiger partial charge in [-0.25, -0.2) is 4.85 Å². The van der Waals surface area contributed by atoms with E-state index in [1.807, 2.05) is 72.8 Å². The number of para-hydroxylation sites is 4. The van der Waals surface area contributed by atoms with Crippen LogP contribution in [0.4, 0.5) is 5.69 Å². The van der Waals surface area contributed by atoms with E-state index in [9.17, 15) is 10.5 Å². The van der Waals surface area contributed by atoms with Crippen LogP contribution >= 0.6 is 0 Å². The predicted octanol–water partition coefficient (Wildman–Crippen LogP) is 11.5. The van der Waals surface area contributed by atoms with Crippen LogP contribution in [0.15, 0.2) is 152 Å². The van der Waals surface area contributed by atoms with Crippen molar-refractivity contribution in [1.82, 2.24) is 9.13 Å². The summed E-state index contributed by atoms with van der Waals surface area (Å²) in [6, 6.07) is 55.5. The van der Waals surface area contributed by atoms with Crippen LogP contribution in [0.5, 0.6) is 0 Å². The van der Waals surface area contributed by atoms with Crippen LogP contribution in [0.3, 0.4) is 0 Å². The molecule has 230 valence electrons. The molecule has 5 heteroatoms. The molecule has 2 aromatic heterocycles. The highest BCUT2D eigenvalue weighted by atomic mass is 15.0. The fourth-order valence-corrected chi connectivity index (χ4v) is 7.44. The van der Waals surface area contributed by atoms with Crippen molar-refractivity contribution in [2.75, 3.05) is 0 Å². The summed E-state index contributed by atoms with van der Waals surface area (Å²) < 4.78 is 4.40. The number of fused-ring (bicyclic) bond motifs is 6. The van der Waals surface area contributed by atoms with Gasteiger partial charge in [-0.15, -0.1) is 0 Å². The summed E-state index contributed by atoms with van der Waals surface area (Å²) >= 11 is 0. The Bertz CT molecular complexity index is 2920. The third-order valence-corrected chi connectivity index (χ3v) is 9.61. The first kappa shape index (κ1) is 28.8. The molecule has 0 aliphatic rings. The van der Waals surface area contributed by atoms with Crippen molar-refractivity contribution in [3.8, 4) is 45.8 Å². The van der Waals surface area contributed by atoms with Crippen molar-refractivity contribution in [2.24, 2.45) is 0 Å². The minimum absolute atomic E-state index is 0.531. The van der Waals surface area contributed by atoms with E-state index in [2.05, 4.69) is 105 Å². The van der Waals surface area contributed by atoms with Gasteiger partial charge in [0.05, 0.1) is 57.6 Å². The molecule has 0 spiro atoms. The molecule has 0 saturated heterocycles. The molecule has 2 heterocycles. The molecule has 0 amide bonds. The van der Waals surface area contributed by atoms with E-state index in [4.69, 9.17) is 6.57 Å². The van der Waals surface area contributed by atoms with Crippen molar-refractivity contribution >= 4 is 49.3 Å². The first-order chi connectivity index (χ1) is 24.7. The molecule has 0 saturated carbocycles. The Kier molecular flexibility index (Phi) is 6.56. The van der Waals surface area contributed by atoms with Gasteiger partial charge in [-0.3, -0.25) is 0 Å². The monoisotopic (exact) mass is 635 g/mol. The van der Waals surface area contributed by atoms with Gasteiger partial charge in [0.25, 0.3) is 0 Å². The number of aromatic nitrogens is 2. The summed E-state index contributed by atoms with van der Waals surface area (Å²) in [5, 5.41) is 24.4. The Labute approximate surface area is 288 Å². The van der Waals surface area contributed by atoms with E-state index in [1.54, 1.807) is 0 Å². The SMILES string of the molecule is [C-]#[N+]c1cccc2c3cc(C#N)ccc3n(-c3ccccc3-c3ccc(-c4cccc(-n5c6ccccc6c6ccccc65)c4)c(C#N)c3)c12. The molecule has 9 rings (SSSR count). The van der Waals surface area contributed by atoms with E-state index in [0.717, 1.165) is 66.5 Å². The Hall–Kier alpha value is -7.39. The maximum atomic E-state index is 10.5. The molecule has 0 radical (unpaired) electrons. The summed E-state index contributed by atoms with van der Waals surface area (Å²) in [6.07, 6.45) is 0. The summed E-state index contributed by atoms with van der Waals surface area (Å²) in [6.45, 7) is 7.97. The highest BCUT2D eigenvalue weighted by molar-refractivity contribution is 6.14. The van der Waals surface area contributed by atoms with E-state index < -0.39 is 0 Å². The van der Waals surface area contributed by atoms with Crippen LogP contribution in [-0.2, 0) is 0 Å². The number of nitriles is 2. The van der Waals surface area contributed by atoms with Crippen molar-refractivity contribution in [2.45, 2.75) is 0 Å². The lowest BCUT2D eigenvalue weighted by Gasteiger charge is -2.16. The summed E-state index contributed by atoms with van der Waals surface area (Å²) in [4.78, 5) is 3.88. The molecule has 0 bridgehead atoms. The Balaban J connectivity index is 1.21. The first-order valence-corrected chi connectivity index (χ1v) is 16.3. The van der Waals surface area contributed by atoms with Gasteiger partial charge in [0.2, 0.25) is 5.69 Å². The quantitative estimate of drug-likeness (QED) is 0.181. The topological polar surface area (TPSA) is 61.8 Å². The number of benzene rings is 7. The molecule has 50 heavy (non-hydrogen) atoms. The molecular formula is C45H25N5. The third-order valence-electron chi connectivity index (χ3n) is 9.61. The van der Waals surface area contributed by atoms with Crippen LogP contribution in [-0.4, -0.2) is 9.13 Å². The minimum Gasteiger partial charge on any atom is -0.318 e. The normalized spacial score (nSPS) is 11.1. The van der Waals surface area contributed by atoms with Gasteiger partial charge in [-0.1, -0.05) is 97.1 Å². The molecular weight excluding hydrogens is 611 g/mol. The molecule has 9 aromatic rings. The second-order valence-corrected chi connectivity index (χ2v) is 12.3. The molecule has 0 aliphatic carbocycles. The lowest BCUT2D eigenvalue weighted by Crippen LogP contribution is -1.98. The van der Waals surface area contributed by atoms with Gasteiger partial charge in [0, 0.05) is 27.4 Å². The second-order valence-electron chi connectivity index (χ2n) is 12.3. The van der Waals surface area contributed by atoms with Crippen molar-refractivity contribution in [1.29, 1.82) is 10.5 Å². The van der Waals surface area contributed by atoms with Gasteiger partial charge in [0.15, 0.2) is 0 Å². The number of nitrogens with zero attached hydrogens (tertiary/aromatic N) is 5. The zero-order valence-corrected chi connectivity index (χ0v) is 26.7. The van der Waals surface area contributed by atoms with Gasteiger partial charge in [0.1, 0.15) is 0 Å². The minimum atomic E-state index is 0.531. The highest BCUT2D eigenvalue weighted by Crippen LogP contribution is 2.41. The van der Waals surface area contributed by atoms with E-state index in [-0.39, 0.29) is 0 Å². The molecule has 5 nitrogen and oxygen atoms in total. The smallest absolute Gasteiger partial charge is 0.211 e. The van der Waals surface area contributed by atoms with E-state index in [1.165, 1.54) is 10.8 Å². The third kappa shape index (κ3) is 4.31. The number of hydrogen-bond donors (Lipinski definition) is 0. The fourth-order valence-electron chi connectivity index (χ4n) is 7.44. The number of hydrogen-bond acceptors (Lipinski definition) is 2. The standard InChI is InChI=1S/C45H25N5/c1-48-40-16-9-15-38-39-24-29(27-46)20-23-44(39)50(45(38)40)41-17-5-2-12-35(41)31-21-22-34(32(25-31)28-47)30-10-8-11-33(26-30)49-42-18-6-3-13-36(42)37-14-4-7-19-43(37)49/h2-26H. The van der Waals surface area contributed by atoms with Crippen LogP contribution in [0, 0.1) is 29.2 Å². The van der Waals surface area contributed by atoms with Gasteiger partial charge in [-0.05, 0) is 76.7 Å². The van der Waals surface area contributed by atoms with Crippen LogP contribution in [0.2, 0.25) is 0 Å². The second kappa shape index (κ2) is 11.4. The molecule has 7 aromatic carbocycles. The summed E-state index contributed by atoms with van der Waals surface area (Å²) in [5.41, 5.74) is 11.2. The van der Waals surface area contributed by atoms with Gasteiger partial charge < -0.3 is 9.13 Å². The lowest BCUT2D eigenvalue weighted by atomic mass is 9.94. The zero-order valence-electron chi connectivity index (χ0n) is 26.7. The average Bonchev–Trinajstić information content (AvgIpc) is 3.70. The molecule has 0 unspecified atom stereocenters. The van der Waals surface area contributed by atoms with Crippen molar-refractivity contribution in [3.63, 3.8) is 0 Å². The largest absolute Gasteiger partial charge is 0.318 e. The Morgan fingerprint density at radius 2 is 1.18 bits per heavy atom.